The summed E-state index contributed by atoms with van der Waals surface area (Å²) in [6.07, 6.45) is -0.970. The minimum absolute atomic E-state index is 0.00902. The van der Waals surface area contributed by atoms with Crippen molar-refractivity contribution in [1.82, 2.24) is 0 Å². The maximum atomic E-state index is 12.1. The third-order valence-corrected chi connectivity index (χ3v) is 3.23. The maximum absolute atomic E-state index is 12.1. The highest BCUT2D eigenvalue weighted by Crippen LogP contribution is 2.16. The Kier molecular flexibility index (Phi) is 6.01. The van der Waals surface area contributed by atoms with Crippen LogP contribution in [0.4, 0.5) is 8.78 Å². The average Bonchev–Trinajstić information content (AvgIpc) is 2.56. The quantitative estimate of drug-likeness (QED) is 0.573. The molecule has 0 saturated carbocycles. The van der Waals surface area contributed by atoms with E-state index in [0.717, 1.165) is 0 Å². The van der Waals surface area contributed by atoms with Crippen LogP contribution in [0.25, 0.3) is 0 Å². The molecule has 0 radical (unpaired) electrons. The van der Waals surface area contributed by atoms with Gasteiger partial charge in [-0.25, -0.2) is 0 Å². The minimum Gasteiger partial charge on any atom is -0.454 e. The lowest BCUT2D eigenvalue weighted by molar-refractivity contribution is -0.145. The Hall–Kier alpha value is -2.76. The summed E-state index contributed by atoms with van der Waals surface area (Å²) in [7, 11) is 0. The van der Waals surface area contributed by atoms with E-state index in [4.69, 9.17) is 4.74 Å². The normalized spacial score (nSPS) is 11.8. The van der Waals surface area contributed by atoms with Gasteiger partial charge in [-0.15, -0.1) is 0 Å². The Balaban J connectivity index is 1.89. The lowest BCUT2D eigenvalue weighted by Gasteiger charge is -2.12. The molecule has 4 nitrogen and oxygen atoms in total. The summed E-state index contributed by atoms with van der Waals surface area (Å²) in [5.41, 5.74) is 1.03. The second-order valence-electron chi connectivity index (χ2n) is 5.06. The molecule has 1 atom stereocenters. The second-order valence-corrected chi connectivity index (χ2v) is 5.06. The van der Waals surface area contributed by atoms with Crippen LogP contribution in [0.15, 0.2) is 54.6 Å². The number of carbonyl (C=O) groups is 2. The van der Waals surface area contributed by atoms with Gasteiger partial charge < -0.3 is 9.47 Å². The van der Waals surface area contributed by atoms with Gasteiger partial charge in [-0.2, -0.15) is 8.78 Å². The summed E-state index contributed by atoms with van der Waals surface area (Å²) in [6, 6.07) is 14.2. The molecule has 0 aliphatic carbocycles. The second kappa shape index (κ2) is 8.19. The predicted octanol–water partition coefficient (Wildman–Crippen LogP) is 3.65. The van der Waals surface area contributed by atoms with Crippen molar-refractivity contribution >= 4 is 11.8 Å². The zero-order valence-electron chi connectivity index (χ0n) is 12.9. The van der Waals surface area contributed by atoms with E-state index in [1.54, 1.807) is 30.3 Å². The van der Waals surface area contributed by atoms with Crippen molar-refractivity contribution in [3.8, 4) is 5.75 Å². The zero-order valence-corrected chi connectivity index (χ0v) is 12.9. The van der Waals surface area contributed by atoms with Gasteiger partial charge >= 0.3 is 12.6 Å². The number of Topliss-reactive ketones (excluding diaryl/α,β-unsaturated/α-hetero) is 1. The van der Waals surface area contributed by atoms with E-state index in [1.807, 2.05) is 0 Å². The van der Waals surface area contributed by atoms with E-state index in [2.05, 4.69) is 4.74 Å². The van der Waals surface area contributed by atoms with Crippen molar-refractivity contribution in [3.63, 3.8) is 0 Å². The van der Waals surface area contributed by atoms with Gasteiger partial charge in [-0.1, -0.05) is 42.5 Å². The largest absolute Gasteiger partial charge is 0.454 e. The first kappa shape index (κ1) is 17.6. The molecule has 1 unspecified atom stereocenters. The van der Waals surface area contributed by atoms with Crippen LogP contribution in [0, 0.1) is 0 Å². The van der Waals surface area contributed by atoms with E-state index >= 15 is 0 Å². The van der Waals surface area contributed by atoms with Gasteiger partial charge in [0.2, 0.25) is 5.78 Å². The van der Waals surface area contributed by atoms with Crippen LogP contribution in [-0.4, -0.2) is 24.5 Å². The number of halogens is 2. The van der Waals surface area contributed by atoms with Gasteiger partial charge in [0.15, 0.2) is 6.10 Å². The average molecular weight is 334 g/mol. The number of hydrogen-bond donors (Lipinski definition) is 0. The number of carbonyl (C=O) groups excluding carboxylic acids is 2. The smallest absolute Gasteiger partial charge is 0.387 e. The molecule has 6 heteroatoms. The molecule has 0 heterocycles. The highest BCUT2D eigenvalue weighted by molar-refractivity contribution is 6.00. The maximum Gasteiger partial charge on any atom is 0.387 e. The van der Waals surface area contributed by atoms with E-state index in [9.17, 15) is 18.4 Å². The van der Waals surface area contributed by atoms with Crippen LogP contribution in [0.2, 0.25) is 0 Å². The van der Waals surface area contributed by atoms with Gasteiger partial charge in [-0.3, -0.25) is 9.59 Å². The third kappa shape index (κ3) is 5.15. The van der Waals surface area contributed by atoms with Gasteiger partial charge in [0, 0.05) is 5.56 Å². The molecule has 126 valence electrons. The number of ether oxygens (including phenoxy) is 2. The molecule has 0 N–H and O–H groups in total. The molecule has 0 fully saturated rings. The molecule has 24 heavy (non-hydrogen) atoms. The van der Waals surface area contributed by atoms with Crippen molar-refractivity contribution in [1.29, 1.82) is 0 Å². The fourth-order valence-electron chi connectivity index (χ4n) is 2.08. The Morgan fingerprint density at radius 1 is 1.00 bits per heavy atom. The summed E-state index contributed by atoms with van der Waals surface area (Å²) in [4.78, 5) is 24.0. The molecular weight excluding hydrogens is 318 g/mol. The lowest BCUT2D eigenvalue weighted by atomic mass is 10.1. The Labute approximate surface area is 138 Å². The van der Waals surface area contributed by atoms with Gasteiger partial charge in [-0.05, 0) is 24.6 Å². The van der Waals surface area contributed by atoms with Crippen LogP contribution < -0.4 is 4.74 Å². The Morgan fingerprint density at radius 2 is 1.62 bits per heavy atom. The number of ketones is 1. The highest BCUT2D eigenvalue weighted by atomic mass is 19.3. The van der Waals surface area contributed by atoms with Gasteiger partial charge in [0.1, 0.15) is 5.75 Å². The monoisotopic (exact) mass is 334 g/mol. The molecule has 0 amide bonds. The molecule has 2 rings (SSSR count). The minimum atomic E-state index is -2.90. The summed E-state index contributed by atoms with van der Waals surface area (Å²) in [6.45, 7) is -1.39. The van der Waals surface area contributed by atoms with Gasteiger partial charge in [0.25, 0.3) is 0 Å². The molecular formula is C18H16F2O4. The first-order valence-corrected chi connectivity index (χ1v) is 7.28. The Morgan fingerprint density at radius 3 is 2.21 bits per heavy atom. The van der Waals surface area contributed by atoms with Crippen molar-refractivity contribution < 1.29 is 27.8 Å². The van der Waals surface area contributed by atoms with E-state index in [-0.39, 0.29) is 18.0 Å². The fourth-order valence-corrected chi connectivity index (χ4v) is 2.08. The van der Waals surface area contributed by atoms with Crippen LogP contribution in [-0.2, 0) is 16.0 Å². The predicted molar refractivity (Wildman–Crippen MR) is 83.1 cm³/mol. The summed E-state index contributed by atoms with van der Waals surface area (Å²) in [5.74, 6) is -0.853. The molecule has 2 aromatic carbocycles. The zero-order chi connectivity index (χ0) is 17.5. The molecule has 0 aliphatic rings. The molecule has 0 aromatic heterocycles. The number of rotatable bonds is 7. The summed E-state index contributed by atoms with van der Waals surface area (Å²) >= 11 is 0. The fraction of sp³-hybridized carbons (Fsp3) is 0.222. The first-order chi connectivity index (χ1) is 11.5. The van der Waals surface area contributed by atoms with E-state index in [0.29, 0.717) is 11.1 Å². The number of esters is 1. The van der Waals surface area contributed by atoms with Crippen molar-refractivity contribution in [3.05, 3.63) is 65.7 Å². The first-order valence-electron chi connectivity index (χ1n) is 7.28. The molecule has 0 aliphatic heterocycles. The van der Waals surface area contributed by atoms with Gasteiger partial charge in [0.05, 0.1) is 6.42 Å². The topological polar surface area (TPSA) is 52.6 Å². The summed E-state index contributed by atoms with van der Waals surface area (Å²) < 4.78 is 33.5. The highest BCUT2D eigenvalue weighted by Gasteiger charge is 2.19. The Bertz CT molecular complexity index is 684. The number of hydrogen-bond acceptors (Lipinski definition) is 4. The summed E-state index contributed by atoms with van der Waals surface area (Å²) in [5, 5.41) is 0. The van der Waals surface area contributed by atoms with Crippen molar-refractivity contribution in [2.75, 3.05) is 0 Å². The van der Waals surface area contributed by atoms with Crippen molar-refractivity contribution in [2.45, 2.75) is 26.1 Å². The standard InChI is InChI=1S/C18H16F2O4/c1-12(17(22)14-5-3-2-4-6-14)23-16(21)11-13-7-9-15(10-8-13)24-18(19)20/h2-10,12,18H,11H2,1H3. The molecule has 0 bridgehead atoms. The van der Waals surface area contributed by atoms with E-state index in [1.165, 1.54) is 31.2 Å². The lowest BCUT2D eigenvalue weighted by Crippen LogP contribution is -2.25. The van der Waals surface area contributed by atoms with Crippen molar-refractivity contribution in [2.24, 2.45) is 0 Å². The van der Waals surface area contributed by atoms with Crippen LogP contribution in [0.5, 0.6) is 5.75 Å². The SMILES string of the molecule is CC(OC(=O)Cc1ccc(OC(F)F)cc1)C(=O)c1ccccc1. The third-order valence-electron chi connectivity index (χ3n) is 3.23. The van der Waals surface area contributed by atoms with Crippen LogP contribution in [0.3, 0.4) is 0 Å². The van der Waals surface area contributed by atoms with Crippen LogP contribution in [0.1, 0.15) is 22.8 Å². The molecule has 0 saturated heterocycles. The van der Waals surface area contributed by atoms with Crippen LogP contribution >= 0.6 is 0 Å². The molecule has 0 spiro atoms. The number of alkyl halides is 2. The number of benzene rings is 2. The molecule has 2 aromatic rings. The van der Waals surface area contributed by atoms with E-state index < -0.39 is 18.7 Å².